The van der Waals surface area contributed by atoms with Crippen molar-refractivity contribution in [2.75, 3.05) is 19.6 Å². The molecule has 0 fully saturated rings. The molecule has 0 unspecified atom stereocenters. The molecule has 4 aromatic rings. The highest BCUT2D eigenvalue weighted by Gasteiger charge is 2.16. The van der Waals surface area contributed by atoms with Gasteiger partial charge in [-0.1, -0.05) is 70.9 Å². The standard InChI is InChI=1S/C26H27Cl2N3O3S/c27-20-2-1-3-21(28)18(20)11-13-29-14-17-6-4-16(5-7-17)10-12-30-15-23(33)19-8-9-22(32)24-25(19)35-26(34)31-24/h1-9,23,29-30,32-33H,10-15H2,(H,31,34)/t23-/m0/s1. The quantitative estimate of drug-likeness (QED) is 0.179. The Hall–Kier alpha value is -2.39. The van der Waals surface area contributed by atoms with Gasteiger partial charge in [0.25, 0.3) is 0 Å². The molecular formula is C26H27Cl2N3O3S. The lowest BCUT2D eigenvalue weighted by Crippen LogP contribution is -2.23. The second kappa shape index (κ2) is 12.0. The van der Waals surface area contributed by atoms with E-state index in [4.69, 9.17) is 23.2 Å². The van der Waals surface area contributed by atoms with Crippen LogP contribution in [0, 0.1) is 0 Å². The summed E-state index contributed by atoms with van der Waals surface area (Å²) in [5.41, 5.74) is 4.37. The highest BCUT2D eigenvalue weighted by Crippen LogP contribution is 2.31. The molecule has 9 heteroatoms. The van der Waals surface area contributed by atoms with E-state index in [-0.39, 0.29) is 10.6 Å². The van der Waals surface area contributed by atoms with Crippen LogP contribution in [0.25, 0.3) is 10.2 Å². The highest BCUT2D eigenvalue weighted by atomic mass is 35.5. The number of fused-ring (bicyclic) bond motifs is 1. The molecule has 6 nitrogen and oxygen atoms in total. The second-order valence-electron chi connectivity index (χ2n) is 8.31. The number of aromatic amines is 1. The second-order valence-corrected chi connectivity index (χ2v) is 10.1. The van der Waals surface area contributed by atoms with Crippen molar-refractivity contribution in [1.29, 1.82) is 0 Å². The van der Waals surface area contributed by atoms with Crippen molar-refractivity contribution in [3.63, 3.8) is 0 Å². The minimum absolute atomic E-state index is 0.00546. The van der Waals surface area contributed by atoms with E-state index in [0.29, 0.717) is 38.9 Å². The SMILES string of the molecule is O=c1[nH]c2c(O)ccc([C@@H](O)CNCCc3ccc(CNCCc4c(Cl)cccc4Cl)cc3)c2s1. The van der Waals surface area contributed by atoms with Crippen LogP contribution >= 0.6 is 34.5 Å². The van der Waals surface area contributed by atoms with E-state index in [1.165, 1.54) is 17.2 Å². The first-order chi connectivity index (χ1) is 16.9. The van der Waals surface area contributed by atoms with Crippen molar-refractivity contribution in [3.05, 3.63) is 96.6 Å². The van der Waals surface area contributed by atoms with Crippen molar-refractivity contribution in [1.82, 2.24) is 15.6 Å². The minimum atomic E-state index is -0.779. The predicted octanol–water partition coefficient (Wildman–Crippen LogP) is 4.80. The molecule has 35 heavy (non-hydrogen) atoms. The van der Waals surface area contributed by atoms with Crippen LogP contribution in [0.5, 0.6) is 5.75 Å². The van der Waals surface area contributed by atoms with E-state index in [1.807, 2.05) is 18.2 Å². The number of aliphatic hydroxyl groups excluding tert-OH is 1. The largest absolute Gasteiger partial charge is 0.506 e. The number of rotatable bonds is 11. The number of benzene rings is 3. The third-order valence-electron chi connectivity index (χ3n) is 5.84. The molecule has 0 aliphatic heterocycles. The number of phenols is 1. The molecule has 184 valence electrons. The molecule has 0 saturated heterocycles. The van der Waals surface area contributed by atoms with Gasteiger partial charge in [-0.15, -0.1) is 0 Å². The molecule has 0 bridgehead atoms. The van der Waals surface area contributed by atoms with Gasteiger partial charge in [0.2, 0.25) is 0 Å². The molecule has 1 atom stereocenters. The molecule has 4 rings (SSSR count). The lowest BCUT2D eigenvalue weighted by Gasteiger charge is -2.13. The van der Waals surface area contributed by atoms with Gasteiger partial charge in [0, 0.05) is 28.7 Å². The molecule has 0 radical (unpaired) electrons. The van der Waals surface area contributed by atoms with Gasteiger partial charge in [-0.3, -0.25) is 4.79 Å². The summed E-state index contributed by atoms with van der Waals surface area (Å²) in [7, 11) is 0. The average Bonchev–Trinajstić information content (AvgIpc) is 3.24. The molecule has 5 N–H and O–H groups in total. The lowest BCUT2D eigenvalue weighted by molar-refractivity contribution is 0.176. The molecular weight excluding hydrogens is 505 g/mol. The van der Waals surface area contributed by atoms with Crippen molar-refractivity contribution >= 4 is 44.8 Å². The van der Waals surface area contributed by atoms with Gasteiger partial charge >= 0.3 is 4.87 Å². The van der Waals surface area contributed by atoms with E-state index in [1.54, 1.807) is 6.07 Å². The monoisotopic (exact) mass is 531 g/mol. The van der Waals surface area contributed by atoms with Crippen LogP contribution in [0.15, 0.2) is 59.4 Å². The Labute approximate surface area is 217 Å². The van der Waals surface area contributed by atoms with Crippen molar-refractivity contribution < 1.29 is 10.2 Å². The molecule has 3 aromatic carbocycles. The molecule has 0 saturated carbocycles. The molecule has 0 aliphatic carbocycles. The summed E-state index contributed by atoms with van der Waals surface area (Å²) < 4.78 is 0.587. The van der Waals surface area contributed by atoms with E-state index >= 15 is 0 Å². The molecule has 0 amide bonds. The minimum Gasteiger partial charge on any atom is -0.506 e. The predicted molar refractivity (Wildman–Crippen MR) is 144 cm³/mol. The van der Waals surface area contributed by atoms with E-state index in [0.717, 1.165) is 42.8 Å². The fourth-order valence-corrected chi connectivity index (χ4v) is 5.43. The Morgan fingerprint density at radius 2 is 1.60 bits per heavy atom. The van der Waals surface area contributed by atoms with Gasteiger partial charge in [0.05, 0.1) is 10.8 Å². The zero-order valence-electron chi connectivity index (χ0n) is 19.0. The third kappa shape index (κ3) is 6.64. The smallest absolute Gasteiger partial charge is 0.305 e. The van der Waals surface area contributed by atoms with Crippen molar-refractivity contribution in [2.24, 2.45) is 0 Å². The molecule has 1 aromatic heterocycles. The van der Waals surface area contributed by atoms with E-state index in [2.05, 4.69) is 39.9 Å². The summed E-state index contributed by atoms with van der Waals surface area (Å²) in [5.74, 6) is 0.00546. The fourth-order valence-electron chi connectivity index (χ4n) is 3.92. The van der Waals surface area contributed by atoms with Crippen molar-refractivity contribution in [3.8, 4) is 5.75 Å². The lowest BCUT2D eigenvalue weighted by atomic mass is 10.1. The Morgan fingerprint density at radius 3 is 2.34 bits per heavy atom. The number of halogens is 2. The Bertz CT molecular complexity index is 1320. The third-order valence-corrected chi connectivity index (χ3v) is 7.48. The summed E-state index contributed by atoms with van der Waals surface area (Å²) >= 11 is 13.4. The zero-order valence-corrected chi connectivity index (χ0v) is 21.3. The molecule has 1 heterocycles. The highest BCUT2D eigenvalue weighted by molar-refractivity contribution is 7.16. The van der Waals surface area contributed by atoms with Gasteiger partial charge < -0.3 is 25.8 Å². The summed E-state index contributed by atoms with van der Waals surface area (Å²) in [6.07, 6.45) is 0.819. The van der Waals surface area contributed by atoms with Crippen LogP contribution in [-0.4, -0.2) is 34.8 Å². The maximum atomic E-state index is 11.7. The number of phenolic OH excluding ortho intramolecular Hbond substituents is 1. The molecule has 0 spiro atoms. The number of nitrogens with one attached hydrogen (secondary N) is 3. The van der Waals surface area contributed by atoms with Crippen LogP contribution in [0.2, 0.25) is 10.0 Å². The van der Waals surface area contributed by atoms with E-state index < -0.39 is 6.10 Å². The van der Waals surface area contributed by atoms with Gasteiger partial charge in [-0.05, 0) is 60.8 Å². The summed E-state index contributed by atoms with van der Waals surface area (Å²) in [5, 5.41) is 28.6. The normalized spacial score (nSPS) is 12.3. The van der Waals surface area contributed by atoms with Crippen molar-refractivity contribution in [2.45, 2.75) is 25.5 Å². The number of aromatic nitrogens is 1. The van der Waals surface area contributed by atoms with Crippen LogP contribution in [0.4, 0.5) is 0 Å². The fraction of sp³-hybridized carbons (Fsp3) is 0.269. The number of H-pyrrole nitrogens is 1. The summed E-state index contributed by atoms with van der Waals surface area (Å²) in [6, 6.07) is 17.2. The number of thiazole rings is 1. The van der Waals surface area contributed by atoms with Crippen LogP contribution in [0.3, 0.4) is 0 Å². The van der Waals surface area contributed by atoms with Gasteiger partial charge in [-0.2, -0.15) is 0 Å². The van der Waals surface area contributed by atoms with E-state index in [9.17, 15) is 15.0 Å². The Morgan fingerprint density at radius 1 is 0.914 bits per heavy atom. The zero-order chi connectivity index (χ0) is 24.8. The average molecular weight is 532 g/mol. The maximum Gasteiger partial charge on any atom is 0.305 e. The van der Waals surface area contributed by atoms with Gasteiger partial charge in [0.1, 0.15) is 11.3 Å². The van der Waals surface area contributed by atoms with Crippen LogP contribution in [0.1, 0.15) is 28.4 Å². The number of hydrogen-bond donors (Lipinski definition) is 5. The first-order valence-electron chi connectivity index (χ1n) is 11.4. The summed E-state index contributed by atoms with van der Waals surface area (Å²) in [4.78, 5) is 14.0. The summed E-state index contributed by atoms with van der Waals surface area (Å²) in [6.45, 7) is 2.60. The first-order valence-corrected chi connectivity index (χ1v) is 12.9. The number of hydrogen-bond acceptors (Lipinski definition) is 6. The number of aromatic hydroxyl groups is 1. The van der Waals surface area contributed by atoms with Crippen LogP contribution < -0.4 is 15.5 Å². The molecule has 0 aliphatic rings. The van der Waals surface area contributed by atoms with Gasteiger partial charge in [-0.25, -0.2) is 0 Å². The topological polar surface area (TPSA) is 97.4 Å². The number of aliphatic hydroxyl groups is 1. The maximum absolute atomic E-state index is 11.7. The Kier molecular flexibility index (Phi) is 8.83. The first kappa shape index (κ1) is 25.7. The Balaban J connectivity index is 1.19. The van der Waals surface area contributed by atoms with Gasteiger partial charge in [0.15, 0.2) is 0 Å². The van der Waals surface area contributed by atoms with Crippen LogP contribution in [-0.2, 0) is 19.4 Å².